The van der Waals surface area contributed by atoms with Gasteiger partial charge < -0.3 is 20.1 Å². The van der Waals surface area contributed by atoms with Crippen molar-refractivity contribution in [3.05, 3.63) is 35.5 Å². The standard InChI is InChI=1S/C25H34O6/c1-7-8-17(27)31-20-13(2)10-24-14(3)9-16-18(22(16,4)5)23(6,21(24)29)11-15(12-26)19(28)25(20,24)30/h7-8,10-11,14,16,18-20,26,28,30H,9,12H2,1-6H3/b8-7-/t14-,16-,18-,19-,20+,23+,24+,25+/m1/s1. The SMILES string of the molecule is C/C=C\C(=O)O[C@H]1C(C)=C[C@]23C(=O)[C@@](C)(C=C(CO)[C@@H](O)[C@]12O)[C@@H]1[C@@H](C[C@H]3C)C1(C)C. The van der Waals surface area contributed by atoms with Gasteiger partial charge in [-0.15, -0.1) is 0 Å². The Morgan fingerprint density at radius 1 is 1.29 bits per heavy atom. The van der Waals surface area contributed by atoms with Crippen LogP contribution in [0.4, 0.5) is 0 Å². The summed E-state index contributed by atoms with van der Waals surface area (Å²) in [6, 6.07) is 0. The smallest absolute Gasteiger partial charge is 0.331 e. The highest BCUT2D eigenvalue weighted by atomic mass is 16.6. The van der Waals surface area contributed by atoms with E-state index in [4.69, 9.17) is 4.74 Å². The van der Waals surface area contributed by atoms with Crippen LogP contribution in [0, 0.1) is 34.0 Å². The lowest BCUT2D eigenvalue weighted by molar-refractivity contribution is -0.202. The number of Topliss-reactive ketones (excluding diaryl/α,β-unsaturated/α-hetero) is 1. The number of ether oxygens (including phenoxy) is 1. The predicted octanol–water partition coefficient (Wildman–Crippen LogP) is 2.33. The molecular formula is C25H34O6. The predicted molar refractivity (Wildman–Crippen MR) is 115 cm³/mol. The molecule has 0 aromatic carbocycles. The van der Waals surface area contributed by atoms with Crippen LogP contribution in [0.1, 0.15) is 48.0 Å². The summed E-state index contributed by atoms with van der Waals surface area (Å²) in [5, 5.41) is 33.8. The topological polar surface area (TPSA) is 104 Å². The number of esters is 1. The summed E-state index contributed by atoms with van der Waals surface area (Å²) in [5.41, 5.74) is -3.80. The van der Waals surface area contributed by atoms with Crippen molar-refractivity contribution in [1.82, 2.24) is 0 Å². The Balaban J connectivity index is 1.97. The molecule has 0 saturated heterocycles. The van der Waals surface area contributed by atoms with Crippen molar-refractivity contribution in [2.45, 2.75) is 65.8 Å². The monoisotopic (exact) mass is 430 g/mol. The van der Waals surface area contributed by atoms with Crippen LogP contribution in [-0.4, -0.2) is 51.5 Å². The Hall–Kier alpha value is -1.76. The highest BCUT2D eigenvalue weighted by Crippen LogP contribution is 2.75. The molecule has 6 heteroatoms. The average molecular weight is 431 g/mol. The first-order valence-corrected chi connectivity index (χ1v) is 11.1. The number of allylic oxidation sites excluding steroid dienone is 2. The number of ketones is 1. The molecule has 0 radical (unpaired) electrons. The largest absolute Gasteiger partial charge is 0.451 e. The molecule has 4 aliphatic carbocycles. The average Bonchev–Trinajstić information content (AvgIpc) is 3.19. The zero-order chi connectivity index (χ0) is 23.1. The fourth-order valence-electron chi connectivity index (χ4n) is 7.53. The molecule has 3 N–H and O–H groups in total. The van der Waals surface area contributed by atoms with E-state index in [-0.39, 0.29) is 34.5 Å². The van der Waals surface area contributed by atoms with Crippen LogP contribution in [-0.2, 0) is 14.3 Å². The van der Waals surface area contributed by atoms with Crippen molar-refractivity contribution in [2.24, 2.45) is 34.0 Å². The van der Waals surface area contributed by atoms with E-state index in [2.05, 4.69) is 13.8 Å². The molecular weight excluding hydrogens is 396 g/mol. The molecule has 6 nitrogen and oxygen atoms in total. The van der Waals surface area contributed by atoms with E-state index >= 15 is 0 Å². The summed E-state index contributed by atoms with van der Waals surface area (Å²) in [7, 11) is 0. The van der Waals surface area contributed by atoms with Crippen LogP contribution in [0.2, 0.25) is 0 Å². The maximum atomic E-state index is 14.4. The maximum Gasteiger partial charge on any atom is 0.331 e. The second kappa shape index (κ2) is 6.63. The Bertz CT molecular complexity index is 928. The molecule has 2 saturated carbocycles. The van der Waals surface area contributed by atoms with E-state index in [9.17, 15) is 24.9 Å². The van der Waals surface area contributed by atoms with Crippen molar-refractivity contribution in [2.75, 3.05) is 6.61 Å². The number of carbonyl (C=O) groups excluding carboxylic acids is 2. The second-order valence-electron chi connectivity index (χ2n) is 10.8. The number of hydrogen-bond acceptors (Lipinski definition) is 6. The van der Waals surface area contributed by atoms with Gasteiger partial charge in [0.2, 0.25) is 0 Å². The van der Waals surface area contributed by atoms with E-state index in [0.29, 0.717) is 5.57 Å². The third-order valence-electron chi connectivity index (χ3n) is 8.85. The molecule has 0 aromatic rings. The summed E-state index contributed by atoms with van der Waals surface area (Å²) >= 11 is 0. The molecule has 2 bridgehead atoms. The van der Waals surface area contributed by atoms with E-state index in [1.54, 1.807) is 26.0 Å². The van der Waals surface area contributed by atoms with E-state index in [1.165, 1.54) is 12.2 Å². The molecule has 0 aromatic heterocycles. The van der Waals surface area contributed by atoms with Crippen LogP contribution in [0.5, 0.6) is 0 Å². The van der Waals surface area contributed by atoms with Gasteiger partial charge in [0.15, 0.2) is 17.5 Å². The minimum Gasteiger partial charge on any atom is -0.451 e. The van der Waals surface area contributed by atoms with Gasteiger partial charge in [-0.2, -0.15) is 0 Å². The van der Waals surface area contributed by atoms with Gasteiger partial charge in [-0.3, -0.25) is 4.79 Å². The number of fused-ring (bicyclic) bond motifs is 3. The van der Waals surface area contributed by atoms with Gasteiger partial charge in [-0.05, 0) is 61.5 Å². The summed E-state index contributed by atoms with van der Waals surface area (Å²) in [4.78, 5) is 26.8. The highest BCUT2D eigenvalue weighted by Gasteiger charge is 2.79. The molecule has 170 valence electrons. The molecule has 2 fully saturated rings. The van der Waals surface area contributed by atoms with Crippen molar-refractivity contribution in [3.63, 3.8) is 0 Å². The minimum atomic E-state index is -2.10. The molecule has 0 unspecified atom stereocenters. The fourth-order valence-corrected chi connectivity index (χ4v) is 7.53. The molecule has 1 spiro atoms. The molecule has 4 rings (SSSR count). The summed E-state index contributed by atoms with van der Waals surface area (Å²) in [6.07, 6.45) is 4.17. The lowest BCUT2D eigenvalue weighted by atomic mass is 9.57. The summed E-state index contributed by atoms with van der Waals surface area (Å²) < 4.78 is 5.63. The van der Waals surface area contributed by atoms with E-state index in [0.717, 1.165) is 6.42 Å². The van der Waals surface area contributed by atoms with Crippen LogP contribution in [0.15, 0.2) is 35.5 Å². The zero-order valence-electron chi connectivity index (χ0n) is 19.2. The number of carbonyl (C=O) groups is 2. The first-order valence-electron chi connectivity index (χ1n) is 11.1. The highest BCUT2D eigenvalue weighted by molar-refractivity contribution is 5.98. The maximum absolute atomic E-state index is 14.4. The Labute approximate surface area is 183 Å². The second-order valence-corrected chi connectivity index (χ2v) is 10.8. The van der Waals surface area contributed by atoms with Gasteiger partial charge in [-0.25, -0.2) is 4.79 Å². The van der Waals surface area contributed by atoms with Crippen LogP contribution < -0.4 is 0 Å². The van der Waals surface area contributed by atoms with E-state index < -0.39 is 41.2 Å². The summed E-state index contributed by atoms with van der Waals surface area (Å²) in [6.45, 7) is 11.0. The van der Waals surface area contributed by atoms with Crippen LogP contribution >= 0.6 is 0 Å². The first kappa shape index (κ1) is 22.4. The van der Waals surface area contributed by atoms with Crippen molar-refractivity contribution in [1.29, 1.82) is 0 Å². The Morgan fingerprint density at radius 3 is 2.52 bits per heavy atom. The number of aliphatic hydroxyl groups excluding tert-OH is 2. The van der Waals surface area contributed by atoms with Gasteiger partial charge >= 0.3 is 5.97 Å². The van der Waals surface area contributed by atoms with Crippen molar-refractivity contribution >= 4 is 11.8 Å². The molecule has 0 heterocycles. The van der Waals surface area contributed by atoms with Crippen molar-refractivity contribution in [3.8, 4) is 0 Å². The number of rotatable bonds is 3. The minimum absolute atomic E-state index is 0.0451. The van der Waals surface area contributed by atoms with Gasteiger partial charge in [0.25, 0.3) is 0 Å². The fraction of sp³-hybridized carbons (Fsp3) is 0.680. The van der Waals surface area contributed by atoms with Crippen LogP contribution in [0.25, 0.3) is 0 Å². The quantitative estimate of drug-likeness (QED) is 0.361. The summed E-state index contributed by atoms with van der Waals surface area (Å²) in [5.74, 6) is -0.784. The lowest BCUT2D eigenvalue weighted by Gasteiger charge is -2.49. The molecule has 4 aliphatic rings. The third kappa shape index (κ3) is 2.50. The van der Waals surface area contributed by atoms with Gasteiger partial charge in [0.05, 0.1) is 12.0 Å². The van der Waals surface area contributed by atoms with Gasteiger partial charge in [0.1, 0.15) is 6.10 Å². The Morgan fingerprint density at radius 2 is 1.94 bits per heavy atom. The molecule has 0 amide bonds. The zero-order valence-corrected chi connectivity index (χ0v) is 19.2. The lowest BCUT2D eigenvalue weighted by Crippen LogP contribution is -2.66. The van der Waals surface area contributed by atoms with Crippen LogP contribution in [0.3, 0.4) is 0 Å². The van der Waals surface area contributed by atoms with E-state index in [1.807, 2.05) is 13.8 Å². The first-order chi connectivity index (χ1) is 14.3. The van der Waals surface area contributed by atoms with Crippen molar-refractivity contribution < 1.29 is 29.6 Å². The molecule has 0 aliphatic heterocycles. The molecule has 8 atom stereocenters. The molecule has 31 heavy (non-hydrogen) atoms. The third-order valence-corrected chi connectivity index (χ3v) is 8.85. The normalized spacial score (nSPS) is 47.6. The van der Waals surface area contributed by atoms with Gasteiger partial charge in [-0.1, -0.05) is 39.0 Å². The number of hydrogen-bond donors (Lipinski definition) is 3. The number of aliphatic hydroxyl groups is 3. The Kier molecular flexibility index (Phi) is 4.79. The van der Waals surface area contributed by atoms with Gasteiger partial charge in [0, 0.05) is 11.5 Å².